The summed E-state index contributed by atoms with van der Waals surface area (Å²) in [6.45, 7) is 5.19. The van der Waals surface area contributed by atoms with E-state index in [2.05, 4.69) is 57.1 Å². The normalized spacial score (nSPS) is 11.0. The monoisotopic (exact) mass is 358 g/mol. The molecule has 0 bridgehead atoms. The third-order valence-electron chi connectivity index (χ3n) is 2.60. The van der Waals surface area contributed by atoms with Gasteiger partial charge in [-0.3, -0.25) is 0 Å². The van der Waals surface area contributed by atoms with E-state index in [1.807, 2.05) is 18.2 Å². The fourth-order valence-electron chi connectivity index (χ4n) is 1.45. The Hall–Kier alpha value is -0.530. The lowest BCUT2D eigenvalue weighted by Crippen LogP contribution is -2.23. The van der Waals surface area contributed by atoms with Crippen LogP contribution in [0.15, 0.2) is 27.1 Å². The Kier molecular flexibility index (Phi) is 5.48. The largest absolute Gasteiger partial charge is 0.384 e. The van der Waals surface area contributed by atoms with Crippen molar-refractivity contribution in [2.24, 2.45) is 5.41 Å². The lowest BCUT2D eigenvalue weighted by atomic mass is 9.88. The van der Waals surface area contributed by atoms with Crippen molar-refractivity contribution >= 4 is 37.5 Å². The maximum Gasteiger partial charge on any atom is 0.0621 e. The lowest BCUT2D eigenvalue weighted by Gasteiger charge is -2.24. The Labute approximate surface area is 120 Å². The van der Waals surface area contributed by atoms with Crippen LogP contribution in [0.5, 0.6) is 0 Å². The third kappa shape index (κ3) is 5.10. The Morgan fingerprint density at radius 3 is 2.71 bits per heavy atom. The fourth-order valence-corrected chi connectivity index (χ4v) is 2.20. The number of benzene rings is 1. The first-order valence-electron chi connectivity index (χ1n) is 5.50. The highest BCUT2D eigenvalue weighted by Crippen LogP contribution is 2.28. The molecule has 1 aromatic rings. The van der Waals surface area contributed by atoms with Gasteiger partial charge in [-0.15, -0.1) is 0 Å². The van der Waals surface area contributed by atoms with E-state index in [1.165, 1.54) is 0 Å². The Morgan fingerprint density at radius 2 is 2.06 bits per heavy atom. The van der Waals surface area contributed by atoms with Gasteiger partial charge in [-0.25, -0.2) is 0 Å². The van der Waals surface area contributed by atoms with Crippen molar-refractivity contribution in [1.82, 2.24) is 0 Å². The van der Waals surface area contributed by atoms with Crippen LogP contribution in [0, 0.1) is 16.7 Å². The molecule has 0 aromatic heterocycles. The molecule has 0 saturated heterocycles. The molecule has 0 spiro atoms. The lowest BCUT2D eigenvalue weighted by molar-refractivity contribution is 0.364. The van der Waals surface area contributed by atoms with Crippen LogP contribution in [0.3, 0.4) is 0 Å². The molecule has 0 heterocycles. The summed E-state index contributed by atoms with van der Waals surface area (Å²) < 4.78 is 2.11. The van der Waals surface area contributed by atoms with E-state index in [1.54, 1.807) is 0 Å². The minimum Gasteiger partial charge on any atom is -0.384 e. The van der Waals surface area contributed by atoms with Gasteiger partial charge in [-0.2, -0.15) is 5.26 Å². The number of nitrogens with zero attached hydrogens (tertiary/aromatic N) is 1. The zero-order chi connectivity index (χ0) is 12.9. The van der Waals surface area contributed by atoms with E-state index < -0.39 is 0 Å². The number of rotatable bonds is 5. The highest BCUT2D eigenvalue weighted by Gasteiger charge is 2.17. The SMILES string of the molecule is CC(C)(CCC#N)CNc1cc(Br)ccc1Br. The van der Waals surface area contributed by atoms with E-state index in [4.69, 9.17) is 5.26 Å². The molecule has 0 saturated carbocycles. The van der Waals surface area contributed by atoms with E-state index >= 15 is 0 Å². The molecule has 0 aliphatic carbocycles. The molecule has 4 heteroatoms. The molecule has 2 nitrogen and oxygen atoms in total. The summed E-state index contributed by atoms with van der Waals surface area (Å²) in [5.74, 6) is 0. The molecular formula is C13H16Br2N2. The molecule has 0 atom stereocenters. The van der Waals surface area contributed by atoms with Gasteiger partial charge in [-0.1, -0.05) is 29.8 Å². The zero-order valence-electron chi connectivity index (χ0n) is 10.1. The van der Waals surface area contributed by atoms with Gasteiger partial charge in [0, 0.05) is 27.6 Å². The van der Waals surface area contributed by atoms with E-state index in [0.29, 0.717) is 6.42 Å². The zero-order valence-corrected chi connectivity index (χ0v) is 13.2. The Morgan fingerprint density at radius 1 is 1.35 bits per heavy atom. The number of halogens is 2. The van der Waals surface area contributed by atoms with Crippen LogP contribution in [0.2, 0.25) is 0 Å². The summed E-state index contributed by atoms with van der Waals surface area (Å²) >= 11 is 6.97. The molecule has 1 aromatic carbocycles. The van der Waals surface area contributed by atoms with Gasteiger partial charge in [0.1, 0.15) is 0 Å². The topological polar surface area (TPSA) is 35.8 Å². The second-order valence-corrected chi connectivity index (χ2v) is 6.57. The number of anilines is 1. The Bertz CT molecular complexity index is 422. The highest BCUT2D eigenvalue weighted by molar-refractivity contribution is 9.11. The molecule has 92 valence electrons. The molecule has 0 aliphatic rings. The molecule has 1 rings (SSSR count). The van der Waals surface area contributed by atoms with Crippen molar-refractivity contribution < 1.29 is 0 Å². The summed E-state index contributed by atoms with van der Waals surface area (Å²) in [6, 6.07) is 8.25. The smallest absolute Gasteiger partial charge is 0.0621 e. The summed E-state index contributed by atoms with van der Waals surface area (Å²) in [7, 11) is 0. The van der Waals surface area contributed by atoms with E-state index in [9.17, 15) is 0 Å². The van der Waals surface area contributed by atoms with Gasteiger partial charge >= 0.3 is 0 Å². The molecule has 0 aliphatic heterocycles. The summed E-state index contributed by atoms with van der Waals surface area (Å²) in [4.78, 5) is 0. The van der Waals surface area contributed by atoms with Gasteiger partial charge in [-0.05, 0) is 46.0 Å². The highest BCUT2D eigenvalue weighted by atomic mass is 79.9. The maximum atomic E-state index is 8.61. The van der Waals surface area contributed by atoms with Crippen molar-refractivity contribution in [3.63, 3.8) is 0 Å². The fraction of sp³-hybridized carbons (Fsp3) is 0.462. The molecule has 1 N–H and O–H groups in total. The molecule has 0 radical (unpaired) electrons. The minimum absolute atomic E-state index is 0.123. The van der Waals surface area contributed by atoms with Gasteiger partial charge in [0.15, 0.2) is 0 Å². The van der Waals surface area contributed by atoms with Gasteiger partial charge in [0.2, 0.25) is 0 Å². The quantitative estimate of drug-likeness (QED) is 0.806. The van der Waals surface area contributed by atoms with Crippen LogP contribution in [-0.2, 0) is 0 Å². The van der Waals surface area contributed by atoms with Crippen LogP contribution in [0.4, 0.5) is 5.69 Å². The van der Waals surface area contributed by atoms with Crippen LogP contribution in [-0.4, -0.2) is 6.54 Å². The minimum atomic E-state index is 0.123. The number of nitriles is 1. The van der Waals surface area contributed by atoms with Crippen molar-refractivity contribution in [2.75, 3.05) is 11.9 Å². The molecular weight excluding hydrogens is 344 g/mol. The van der Waals surface area contributed by atoms with Crippen LogP contribution in [0.1, 0.15) is 26.7 Å². The molecule has 0 fully saturated rings. The van der Waals surface area contributed by atoms with Gasteiger partial charge in [0.05, 0.1) is 6.07 Å². The molecule has 17 heavy (non-hydrogen) atoms. The average molecular weight is 360 g/mol. The predicted octanol–water partition coefficient (Wildman–Crippen LogP) is 4.95. The summed E-state index contributed by atoms with van der Waals surface area (Å²) in [6.07, 6.45) is 1.51. The van der Waals surface area contributed by atoms with Crippen molar-refractivity contribution in [3.8, 4) is 6.07 Å². The Balaban J connectivity index is 2.61. The van der Waals surface area contributed by atoms with Gasteiger partial charge < -0.3 is 5.32 Å². The summed E-state index contributed by atoms with van der Waals surface area (Å²) in [5, 5.41) is 12.0. The number of hydrogen-bond acceptors (Lipinski definition) is 2. The van der Waals surface area contributed by atoms with Gasteiger partial charge in [0.25, 0.3) is 0 Å². The summed E-state index contributed by atoms with van der Waals surface area (Å²) in [5.41, 5.74) is 1.20. The third-order valence-corrected chi connectivity index (χ3v) is 3.78. The van der Waals surface area contributed by atoms with Crippen molar-refractivity contribution in [2.45, 2.75) is 26.7 Å². The first-order valence-corrected chi connectivity index (χ1v) is 7.09. The molecule has 0 amide bonds. The molecule has 0 unspecified atom stereocenters. The predicted molar refractivity (Wildman–Crippen MR) is 79.0 cm³/mol. The standard InChI is InChI=1S/C13H16Br2N2/c1-13(2,6-3-7-16)9-17-12-8-10(14)4-5-11(12)15/h4-5,8,17H,3,6,9H2,1-2H3. The van der Waals surface area contributed by atoms with E-state index in [-0.39, 0.29) is 5.41 Å². The van der Waals surface area contributed by atoms with Crippen LogP contribution in [0.25, 0.3) is 0 Å². The number of nitrogens with one attached hydrogen (secondary N) is 1. The van der Waals surface area contributed by atoms with Crippen molar-refractivity contribution in [1.29, 1.82) is 5.26 Å². The van der Waals surface area contributed by atoms with Crippen LogP contribution >= 0.6 is 31.9 Å². The first kappa shape index (κ1) is 14.5. The average Bonchev–Trinajstić information content (AvgIpc) is 2.28. The second-order valence-electron chi connectivity index (χ2n) is 4.80. The maximum absolute atomic E-state index is 8.61. The second kappa shape index (κ2) is 6.42. The van der Waals surface area contributed by atoms with Crippen LogP contribution < -0.4 is 5.32 Å². The first-order chi connectivity index (χ1) is 7.94. The van der Waals surface area contributed by atoms with E-state index in [0.717, 1.165) is 27.6 Å². The number of hydrogen-bond donors (Lipinski definition) is 1. The van der Waals surface area contributed by atoms with Crippen molar-refractivity contribution in [3.05, 3.63) is 27.1 Å².